The van der Waals surface area contributed by atoms with Crippen molar-refractivity contribution in [1.82, 2.24) is 4.72 Å². The van der Waals surface area contributed by atoms with Gasteiger partial charge in [0.25, 0.3) is 0 Å². The summed E-state index contributed by atoms with van der Waals surface area (Å²) in [5, 5.41) is 0.641. The third-order valence-electron chi connectivity index (χ3n) is 5.35. The number of esters is 1. The monoisotopic (exact) mass is 493 g/mol. The highest BCUT2D eigenvalue weighted by Crippen LogP contribution is 2.30. The van der Waals surface area contributed by atoms with Gasteiger partial charge in [0.2, 0.25) is 10.0 Å². The Kier molecular flexibility index (Phi) is 6.72. The second-order valence-electron chi connectivity index (χ2n) is 7.94. The van der Waals surface area contributed by atoms with Crippen molar-refractivity contribution in [1.29, 1.82) is 0 Å². The summed E-state index contributed by atoms with van der Waals surface area (Å²) in [6.07, 6.45) is 0. The van der Waals surface area contributed by atoms with Crippen LogP contribution in [0.3, 0.4) is 0 Å². The van der Waals surface area contributed by atoms with Crippen molar-refractivity contribution in [3.05, 3.63) is 88.8 Å². The minimum Gasteiger partial charge on any atom is -0.497 e. The lowest BCUT2D eigenvalue weighted by Gasteiger charge is -2.14. The van der Waals surface area contributed by atoms with Crippen LogP contribution in [0.25, 0.3) is 22.1 Å². The topological polar surface area (TPSA) is 112 Å². The van der Waals surface area contributed by atoms with Gasteiger partial charge >= 0.3 is 11.6 Å². The number of benzene rings is 3. The lowest BCUT2D eigenvalue weighted by Crippen LogP contribution is -2.40. The Morgan fingerprint density at radius 3 is 2.26 bits per heavy atom. The Balaban J connectivity index is 1.55. The second kappa shape index (κ2) is 9.73. The van der Waals surface area contributed by atoms with Gasteiger partial charge in [0.15, 0.2) is 0 Å². The minimum atomic E-state index is -3.91. The molecular weight excluding hydrogens is 470 g/mol. The van der Waals surface area contributed by atoms with Gasteiger partial charge in [-0.25, -0.2) is 18.0 Å². The minimum absolute atomic E-state index is 0.0429. The molecule has 0 bridgehead atoms. The van der Waals surface area contributed by atoms with Crippen molar-refractivity contribution < 1.29 is 27.1 Å². The molecule has 3 aromatic carbocycles. The van der Waals surface area contributed by atoms with E-state index >= 15 is 0 Å². The normalized spacial score (nSPS) is 12.3. The highest BCUT2D eigenvalue weighted by molar-refractivity contribution is 7.89. The van der Waals surface area contributed by atoms with E-state index in [0.717, 1.165) is 11.1 Å². The number of methoxy groups -OCH3 is 1. The molecule has 1 atom stereocenters. The molecule has 0 amide bonds. The van der Waals surface area contributed by atoms with E-state index in [-0.39, 0.29) is 16.2 Å². The fourth-order valence-electron chi connectivity index (χ4n) is 3.49. The van der Waals surface area contributed by atoms with Gasteiger partial charge in [-0.05, 0) is 61.4 Å². The molecule has 0 fully saturated rings. The van der Waals surface area contributed by atoms with E-state index in [2.05, 4.69) is 4.72 Å². The Bertz CT molecular complexity index is 1540. The molecule has 0 radical (unpaired) electrons. The van der Waals surface area contributed by atoms with Gasteiger partial charge in [-0.15, -0.1) is 0 Å². The summed E-state index contributed by atoms with van der Waals surface area (Å²) in [6, 6.07) is 18.3. The molecule has 4 aromatic rings. The third-order valence-corrected chi connectivity index (χ3v) is 6.91. The molecule has 0 aliphatic carbocycles. The maximum absolute atomic E-state index is 12.6. The molecular formula is C26H23NO7S. The van der Waals surface area contributed by atoms with E-state index in [1.54, 1.807) is 43.5 Å². The molecule has 1 N–H and O–H groups in total. The largest absolute Gasteiger partial charge is 0.497 e. The Morgan fingerprint density at radius 1 is 0.943 bits per heavy atom. The highest BCUT2D eigenvalue weighted by Gasteiger charge is 2.24. The number of sulfonamides is 1. The van der Waals surface area contributed by atoms with Crippen molar-refractivity contribution in [3.63, 3.8) is 0 Å². The molecule has 0 unspecified atom stereocenters. The maximum Gasteiger partial charge on any atom is 0.336 e. The zero-order valence-corrected chi connectivity index (χ0v) is 20.1. The molecule has 0 saturated heterocycles. The second-order valence-corrected chi connectivity index (χ2v) is 9.66. The van der Waals surface area contributed by atoms with Crippen molar-refractivity contribution in [2.24, 2.45) is 0 Å². The first kappa shape index (κ1) is 24.2. The van der Waals surface area contributed by atoms with Gasteiger partial charge in [-0.1, -0.05) is 29.8 Å². The lowest BCUT2D eigenvalue weighted by atomic mass is 10.0. The average molecular weight is 494 g/mol. The lowest BCUT2D eigenvalue weighted by molar-refractivity contribution is -0.135. The molecule has 0 spiro atoms. The van der Waals surface area contributed by atoms with Gasteiger partial charge in [0.1, 0.15) is 23.1 Å². The van der Waals surface area contributed by atoms with Crippen LogP contribution in [0.5, 0.6) is 11.5 Å². The molecule has 9 heteroatoms. The van der Waals surface area contributed by atoms with E-state index in [1.807, 2.05) is 19.1 Å². The van der Waals surface area contributed by atoms with Crippen molar-refractivity contribution >= 4 is 27.0 Å². The number of carbonyl (C=O) groups is 1. The van der Waals surface area contributed by atoms with Crippen LogP contribution < -0.4 is 19.8 Å². The van der Waals surface area contributed by atoms with Crippen LogP contribution in [0.2, 0.25) is 0 Å². The number of ether oxygens (including phenoxy) is 2. The van der Waals surface area contributed by atoms with Crippen LogP contribution in [-0.2, 0) is 14.8 Å². The molecule has 8 nitrogen and oxygen atoms in total. The first-order chi connectivity index (χ1) is 16.7. The summed E-state index contributed by atoms with van der Waals surface area (Å²) in [4.78, 5) is 24.8. The quantitative estimate of drug-likeness (QED) is 0.235. The number of aryl methyl sites for hydroxylation is 1. The van der Waals surface area contributed by atoms with Crippen molar-refractivity contribution in [2.45, 2.75) is 24.8 Å². The number of hydrogen-bond donors (Lipinski definition) is 1. The molecule has 0 saturated carbocycles. The Morgan fingerprint density at radius 2 is 1.60 bits per heavy atom. The summed E-state index contributed by atoms with van der Waals surface area (Å²) < 4.78 is 43.3. The van der Waals surface area contributed by atoms with Gasteiger partial charge in [-0.3, -0.25) is 0 Å². The summed E-state index contributed by atoms with van der Waals surface area (Å²) in [7, 11) is -2.35. The van der Waals surface area contributed by atoms with E-state index in [9.17, 15) is 18.0 Å². The predicted molar refractivity (Wildman–Crippen MR) is 131 cm³/mol. The number of hydrogen-bond acceptors (Lipinski definition) is 7. The van der Waals surface area contributed by atoms with Crippen LogP contribution in [0.4, 0.5) is 0 Å². The summed E-state index contributed by atoms with van der Waals surface area (Å²) in [5.41, 5.74) is 2.01. The summed E-state index contributed by atoms with van der Waals surface area (Å²) in [5.74, 6) is -0.0186. The molecule has 35 heavy (non-hydrogen) atoms. The standard InChI is InChI=1S/C26H23NO7S/c1-16-4-11-21(12-5-16)35(30,31)27-17(2)26(29)33-20-10-13-22-23(15-25(28)34-24(22)14-20)18-6-8-19(32-3)9-7-18/h4-15,17,27H,1-3H3/t17-/m0/s1. The van der Waals surface area contributed by atoms with Crippen LogP contribution in [-0.4, -0.2) is 27.5 Å². The fraction of sp³-hybridized carbons (Fsp3) is 0.154. The SMILES string of the molecule is COc1ccc(-c2cc(=O)oc3cc(OC(=O)[C@H](C)NS(=O)(=O)c4ccc(C)cc4)ccc23)cc1. The van der Waals surface area contributed by atoms with Crippen molar-refractivity contribution in [3.8, 4) is 22.6 Å². The van der Waals surface area contributed by atoms with Gasteiger partial charge in [0, 0.05) is 17.5 Å². The van der Waals surface area contributed by atoms with Gasteiger partial charge in [0.05, 0.1) is 12.0 Å². The van der Waals surface area contributed by atoms with Gasteiger partial charge in [-0.2, -0.15) is 4.72 Å². The smallest absolute Gasteiger partial charge is 0.336 e. The molecule has 0 aliphatic heterocycles. The molecule has 1 aromatic heterocycles. The average Bonchev–Trinajstić information content (AvgIpc) is 2.83. The number of carbonyl (C=O) groups excluding carboxylic acids is 1. The highest BCUT2D eigenvalue weighted by atomic mass is 32.2. The van der Waals surface area contributed by atoms with Gasteiger partial charge < -0.3 is 13.9 Å². The third kappa shape index (κ3) is 5.42. The molecule has 180 valence electrons. The number of fused-ring (bicyclic) bond motifs is 1. The van der Waals surface area contributed by atoms with Crippen LogP contribution in [0.1, 0.15) is 12.5 Å². The maximum atomic E-state index is 12.6. The van der Waals surface area contributed by atoms with E-state index in [1.165, 1.54) is 31.2 Å². The van der Waals surface area contributed by atoms with E-state index < -0.39 is 27.7 Å². The molecule has 0 aliphatic rings. The fourth-order valence-corrected chi connectivity index (χ4v) is 4.68. The predicted octanol–water partition coefficient (Wildman–Crippen LogP) is 4.05. The molecule has 1 heterocycles. The zero-order chi connectivity index (χ0) is 25.2. The first-order valence-corrected chi connectivity index (χ1v) is 12.2. The van der Waals surface area contributed by atoms with Crippen LogP contribution in [0.15, 0.2) is 86.9 Å². The van der Waals surface area contributed by atoms with E-state index in [0.29, 0.717) is 16.7 Å². The molecule has 4 rings (SSSR count). The first-order valence-electron chi connectivity index (χ1n) is 10.7. The van der Waals surface area contributed by atoms with Crippen LogP contribution in [0, 0.1) is 6.92 Å². The van der Waals surface area contributed by atoms with E-state index in [4.69, 9.17) is 13.9 Å². The Labute approximate surface area is 202 Å². The summed E-state index contributed by atoms with van der Waals surface area (Å²) >= 11 is 0. The summed E-state index contributed by atoms with van der Waals surface area (Å²) in [6.45, 7) is 3.23. The van der Waals surface area contributed by atoms with Crippen LogP contribution >= 0.6 is 0 Å². The number of rotatable bonds is 7. The zero-order valence-electron chi connectivity index (χ0n) is 19.3. The Hall–Kier alpha value is -3.95. The number of nitrogens with one attached hydrogen (secondary N) is 1. The van der Waals surface area contributed by atoms with Crippen molar-refractivity contribution in [2.75, 3.05) is 7.11 Å².